The van der Waals surface area contributed by atoms with Crippen molar-refractivity contribution >= 4 is 5.78 Å². The first-order chi connectivity index (χ1) is 4.16. The number of aliphatic hydroxyl groups is 1. The van der Waals surface area contributed by atoms with Crippen LogP contribution in [-0.4, -0.2) is 30.2 Å². The molecule has 9 heavy (non-hydrogen) atoms. The molecule has 1 atom stereocenters. The fraction of sp³-hybridized carbons (Fsp3) is 0.833. The Morgan fingerprint density at radius 1 is 1.78 bits per heavy atom. The van der Waals surface area contributed by atoms with Gasteiger partial charge in [-0.3, -0.25) is 4.79 Å². The molecule has 0 aliphatic heterocycles. The van der Waals surface area contributed by atoms with Crippen molar-refractivity contribution in [2.45, 2.75) is 20.0 Å². The summed E-state index contributed by atoms with van der Waals surface area (Å²) in [4.78, 5) is 10.3. The summed E-state index contributed by atoms with van der Waals surface area (Å²) in [6.07, 6.45) is -0.228. The van der Waals surface area contributed by atoms with E-state index in [4.69, 9.17) is 9.84 Å². The molecular weight excluding hydrogens is 120 g/mol. The zero-order valence-corrected chi connectivity index (χ0v) is 5.76. The van der Waals surface area contributed by atoms with E-state index in [-0.39, 0.29) is 25.1 Å². The lowest BCUT2D eigenvalue weighted by molar-refractivity contribution is -0.123. The zero-order chi connectivity index (χ0) is 7.28. The van der Waals surface area contributed by atoms with E-state index in [0.717, 1.165) is 0 Å². The van der Waals surface area contributed by atoms with Gasteiger partial charge >= 0.3 is 0 Å². The Kier molecular flexibility index (Phi) is 4.26. The number of carbonyl (C=O) groups is 1. The Hall–Kier alpha value is -0.410. The van der Waals surface area contributed by atoms with Crippen LogP contribution in [0.25, 0.3) is 0 Å². The van der Waals surface area contributed by atoms with Crippen LogP contribution in [-0.2, 0) is 9.53 Å². The molecule has 0 rings (SSSR count). The van der Waals surface area contributed by atoms with E-state index in [9.17, 15) is 4.79 Å². The van der Waals surface area contributed by atoms with Crippen LogP contribution in [0.5, 0.6) is 0 Å². The summed E-state index contributed by atoms with van der Waals surface area (Å²) in [5, 5.41) is 8.41. The molecular formula is C6H12O3. The number of rotatable bonds is 4. The molecule has 0 aliphatic carbocycles. The van der Waals surface area contributed by atoms with E-state index in [1.807, 2.05) is 0 Å². The van der Waals surface area contributed by atoms with Crippen LogP contribution in [0.1, 0.15) is 13.8 Å². The van der Waals surface area contributed by atoms with Gasteiger partial charge < -0.3 is 9.84 Å². The lowest BCUT2D eigenvalue weighted by Gasteiger charge is -2.06. The second kappa shape index (κ2) is 4.47. The van der Waals surface area contributed by atoms with Crippen LogP contribution in [0.4, 0.5) is 0 Å². The summed E-state index contributed by atoms with van der Waals surface area (Å²) in [5.74, 6) is -0.0182. The topological polar surface area (TPSA) is 46.5 Å². The molecule has 0 radical (unpaired) electrons. The van der Waals surface area contributed by atoms with Gasteiger partial charge in [0.2, 0.25) is 0 Å². The van der Waals surface area contributed by atoms with Crippen molar-refractivity contribution < 1.29 is 14.6 Å². The van der Waals surface area contributed by atoms with Gasteiger partial charge in [0.15, 0.2) is 5.78 Å². The molecule has 0 aliphatic rings. The molecule has 3 heteroatoms. The first-order valence-electron chi connectivity index (χ1n) is 2.88. The van der Waals surface area contributed by atoms with Gasteiger partial charge in [0, 0.05) is 0 Å². The Bertz CT molecular complexity index is 90.3. The molecule has 0 aromatic carbocycles. The number of hydrogen-bond acceptors (Lipinski definition) is 3. The van der Waals surface area contributed by atoms with Gasteiger partial charge in [-0.05, 0) is 13.8 Å². The van der Waals surface area contributed by atoms with E-state index in [1.165, 1.54) is 6.92 Å². The summed E-state index contributed by atoms with van der Waals surface area (Å²) < 4.78 is 4.85. The smallest absolute Gasteiger partial charge is 0.155 e. The predicted octanol–water partition coefficient (Wildman–Crippen LogP) is -0.0272. The van der Waals surface area contributed by atoms with Crippen molar-refractivity contribution in [3.05, 3.63) is 0 Å². The average Bonchev–Trinajstić information content (AvgIpc) is 1.83. The summed E-state index contributed by atoms with van der Waals surface area (Å²) >= 11 is 0. The molecule has 0 aromatic heterocycles. The molecule has 1 unspecified atom stereocenters. The van der Waals surface area contributed by atoms with Gasteiger partial charge in [0.05, 0.1) is 12.7 Å². The molecule has 0 fully saturated rings. The van der Waals surface area contributed by atoms with Crippen molar-refractivity contribution in [2.75, 3.05) is 13.2 Å². The highest BCUT2D eigenvalue weighted by Gasteiger charge is 1.99. The molecule has 0 amide bonds. The summed E-state index contributed by atoms with van der Waals surface area (Å²) in [6.45, 7) is 3.22. The highest BCUT2D eigenvalue weighted by molar-refractivity contribution is 5.76. The van der Waals surface area contributed by atoms with Crippen LogP contribution >= 0.6 is 0 Å². The monoisotopic (exact) mass is 132 g/mol. The second-order valence-corrected chi connectivity index (χ2v) is 2.01. The average molecular weight is 132 g/mol. The maximum atomic E-state index is 10.3. The third-order valence-electron chi connectivity index (χ3n) is 0.828. The molecule has 1 N–H and O–H groups in total. The standard InChI is InChI=1S/C6H12O3/c1-5(8)4-9-6(2)3-7/h6-7H,3-4H2,1-2H3. The number of carbonyl (C=O) groups excluding carboxylic acids is 1. The molecule has 0 saturated carbocycles. The first kappa shape index (κ1) is 8.59. The van der Waals surface area contributed by atoms with Crippen LogP contribution in [0.15, 0.2) is 0 Å². The van der Waals surface area contributed by atoms with Crippen molar-refractivity contribution in [3.63, 3.8) is 0 Å². The number of ketones is 1. The van der Waals surface area contributed by atoms with E-state index in [1.54, 1.807) is 6.92 Å². The maximum absolute atomic E-state index is 10.3. The van der Waals surface area contributed by atoms with E-state index in [0.29, 0.717) is 0 Å². The SMILES string of the molecule is CC(=O)COC(C)CO. The Morgan fingerprint density at radius 3 is 2.67 bits per heavy atom. The van der Waals surface area contributed by atoms with Crippen molar-refractivity contribution in [2.24, 2.45) is 0 Å². The number of hydrogen-bond donors (Lipinski definition) is 1. The maximum Gasteiger partial charge on any atom is 0.155 e. The van der Waals surface area contributed by atoms with Crippen molar-refractivity contribution in [3.8, 4) is 0 Å². The van der Waals surface area contributed by atoms with E-state index < -0.39 is 0 Å². The largest absolute Gasteiger partial charge is 0.394 e. The fourth-order valence-electron chi connectivity index (χ4n) is 0.312. The van der Waals surface area contributed by atoms with E-state index in [2.05, 4.69) is 0 Å². The Morgan fingerprint density at radius 2 is 2.33 bits per heavy atom. The minimum atomic E-state index is -0.228. The van der Waals surface area contributed by atoms with Gasteiger partial charge in [0.1, 0.15) is 6.61 Å². The summed E-state index contributed by atoms with van der Waals surface area (Å²) in [6, 6.07) is 0. The molecule has 0 bridgehead atoms. The second-order valence-electron chi connectivity index (χ2n) is 2.01. The van der Waals surface area contributed by atoms with Gasteiger partial charge in [-0.15, -0.1) is 0 Å². The van der Waals surface area contributed by atoms with Crippen LogP contribution in [0.2, 0.25) is 0 Å². The fourth-order valence-corrected chi connectivity index (χ4v) is 0.312. The predicted molar refractivity (Wildman–Crippen MR) is 33.2 cm³/mol. The summed E-state index contributed by atoms with van der Waals surface area (Å²) in [7, 11) is 0. The van der Waals surface area contributed by atoms with Crippen LogP contribution in [0, 0.1) is 0 Å². The minimum absolute atomic E-state index is 0.0182. The van der Waals surface area contributed by atoms with Crippen LogP contribution in [0.3, 0.4) is 0 Å². The minimum Gasteiger partial charge on any atom is -0.394 e. The summed E-state index contributed by atoms with van der Waals surface area (Å²) in [5.41, 5.74) is 0. The molecule has 0 saturated heterocycles. The first-order valence-corrected chi connectivity index (χ1v) is 2.88. The van der Waals surface area contributed by atoms with Gasteiger partial charge in [0.25, 0.3) is 0 Å². The Balaban J connectivity index is 3.16. The Labute approximate surface area is 54.6 Å². The molecule has 54 valence electrons. The molecule has 3 nitrogen and oxygen atoms in total. The quantitative estimate of drug-likeness (QED) is 0.584. The zero-order valence-electron chi connectivity index (χ0n) is 5.76. The van der Waals surface area contributed by atoms with Crippen LogP contribution < -0.4 is 0 Å². The van der Waals surface area contributed by atoms with E-state index >= 15 is 0 Å². The number of ether oxygens (including phenoxy) is 1. The molecule has 0 heterocycles. The number of aliphatic hydroxyl groups excluding tert-OH is 1. The van der Waals surface area contributed by atoms with Gasteiger partial charge in [-0.25, -0.2) is 0 Å². The molecule has 0 spiro atoms. The van der Waals surface area contributed by atoms with Gasteiger partial charge in [-0.1, -0.05) is 0 Å². The van der Waals surface area contributed by atoms with Gasteiger partial charge in [-0.2, -0.15) is 0 Å². The highest BCUT2D eigenvalue weighted by Crippen LogP contribution is 1.87. The van der Waals surface area contributed by atoms with Crippen molar-refractivity contribution in [1.29, 1.82) is 0 Å². The number of Topliss-reactive ketones (excluding diaryl/α,β-unsaturated/α-hetero) is 1. The highest BCUT2D eigenvalue weighted by atomic mass is 16.5. The lowest BCUT2D eigenvalue weighted by Crippen LogP contribution is -2.16. The third-order valence-corrected chi connectivity index (χ3v) is 0.828. The normalized spacial score (nSPS) is 13.2. The lowest BCUT2D eigenvalue weighted by atomic mass is 10.4. The molecule has 0 aromatic rings. The van der Waals surface area contributed by atoms with Crippen molar-refractivity contribution in [1.82, 2.24) is 0 Å². The third kappa shape index (κ3) is 5.46.